The van der Waals surface area contributed by atoms with Gasteiger partial charge in [-0.15, -0.1) is 0 Å². The molecule has 1 aliphatic rings. The van der Waals surface area contributed by atoms with Crippen LogP contribution < -0.4 is 10.6 Å². The largest absolute Gasteiger partial charge is 0.391 e. The van der Waals surface area contributed by atoms with Gasteiger partial charge in [0, 0.05) is 25.1 Å². The van der Waals surface area contributed by atoms with Crippen LogP contribution in [0.1, 0.15) is 70.1 Å². The number of aliphatic hydroxyl groups is 1. The summed E-state index contributed by atoms with van der Waals surface area (Å²) in [6.07, 6.45) is -5.13. The summed E-state index contributed by atoms with van der Waals surface area (Å²) < 4.78 is 67.8. The van der Waals surface area contributed by atoms with Gasteiger partial charge in [-0.25, -0.2) is 8.78 Å². The van der Waals surface area contributed by atoms with Crippen molar-refractivity contribution in [1.29, 1.82) is 0 Å². The van der Waals surface area contributed by atoms with Gasteiger partial charge in [-0.2, -0.15) is 13.2 Å². The molecule has 1 amide bonds. The standard InChI is InChI=1S/C29H37F5N2O2/c1-18(37)36-25(14-19-12-23(30)16-24(31)13-19)26(38)17-35-28(10-8-20(9-11-28)29(32,33)34)22-7-5-6-21(15-22)27(2,3)4/h5-7,12-13,15-16,20,25-26,35,38H,8-11,14,17H2,1-4H3,(H,36,37). The van der Waals surface area contributed by atoms with E-state index in [0.717, 1.165) is 29.3 Å². The van der Waals surface area contributed by atoms with Crippen molar-refractivity contribution in [2.24, 2.45) is 5.92 Å². The Labute approximate surface area is 221 Å². The summed E-state index contributed by atoms with van der Waals surface area (Å²) in [5.74, 6) is -3.35. The molecule has 4 nitrogen and oxygen atoms in total. The molecule has 2 unspecified atom stereocenters. The number of rotatable bonds is 8. The van der Waals surface area contributed by atoms with E-state index in [9.17, 15) is 31.9 Å². The van der Waals surface area contributed by atoms with Gasteiger partial charge in [0.2, 0.25) is 5.91 Å². The third-order valence-electron chi connectivity index (χ3n) is 7.46. The Balaban J connectivity index is 1.86. The van der Waals surface area contributed by atoms with Gasteiger partial charge in [-0.1, -0.05) is 45.0 Å². The number of hydrogen-bond acceptors (Lipinski definition) is 3. The molecule has 2 aromatic rings. The molecule has 0 aliphatic heterocycles. The van der Waals surface area contributed by atoms with Crippen LogP contribution >= 0.6 is 0 Å². The Kier molecular flexibility index (Phi) is 9.24. The molecule has 3 rings (SSSR count). The molecule has 1 fully saturated rings. The number of nitrogens with one attached hydrogen (secondary N) is 2. The van der Waals surface area contributed by atoms with Crippen LogP contribution in [0.5, 0.6) is 0 Å². The van der Waals surface area contributed by atoms with Crippen molar-refractivity contribution in [2.45, 2.75) is 89.1 Å². The molecule has 2 aromatic carbocycles. The Morgan fingerprint density at radius 3 is 2.18 bits per heavy atom. The van der Waals surface area contributed by atoms with E-state index in [1.807, 2.05) is 24.3 Å². The van der Waals surface area contributed by atoms with Crippen molar-refractivity contribution >= 4 is 5.91 Å². The van der Waals surface area contributed by atoms with Crippen LogP contribution in [0, 0.1) is 17.6 Å². The molecule has 0 heterocycles. The highest BCUT2D eigenvalue weighted by Crippen LogP contribution is 2.45. The molecule has 38 heavy (non-hydrogen) atoms. The quantitative estimate of drug-likeness (QED) is 0.365. The first-order valence-corrected chi connectivity index (χ1v) is 12.9. The number of halogens is 5. The fraction of sp³-hybridized carbons (Fsp3) is 0.552. The highest BCUT2D eigenvalue weighted by Gasteiger charge is 2.46. The van der Waals surface area contributed by atoms with E-state index in [1.165, 1.54) is 6.92 Å². The molecule has 2 atom stereocenters. The molecule has 0 spiro atoms. The maximum Gasteiger partial charge on any atom is 0.391 e. The second-order valence-corrected chi connectivity index (χ2v) is 11.5. The predicted octanol–water partition coefficient (Wildman–Crippen LogP) is 5.91. The molecule has 3 N–H and O–H groups in total. The molecule has 0 radical (unpaired) electrons. The number of amides is 1. The summed E-state index contributed by atoms with van der Waals surface area (Å²) in [5.41, 5.74) is 1.17. The fourth-order valence-electron chi connectivity index (χ4n) is 5.26. The van der Waals surface area contributed by atoms with Gasteiger partial charge in [0.25, 0.3) is 0 Å². The lowest BCUT2D eigenvalue weighted by atomic mass is 9.71. The fourth-order valence-corrected chi connectivity index (χ4v) is 5.26. The van der Waals surface area contributed by atoms with E-state index in [0.29, 0.717) is 0 Å². The van der Waals surface area contributed by atoms with Gasteiger partial charge in [0.1, 0.15) is 11.6 Å². The highest BCUT2D eigenvalue weighted by molar-refractivity contribution is 5.73. The topological polar surface area (TPSA) is 61.4 Å². The SMILES string of the molecule is CC(=O)NC(Cc1cc(F)cc(F)c1)C(O)CNC1(c2cccc(C(C)(C)C)c2)CCC(C(F)(F)F)CC1. The maximum atomic E-state index is 13.7. The van der Waals surface area contributed by atoms with Gasteiger partial charge < -0.3 is 15.7 Å². The predicted molar refractivity (Wildman–Crippen MR) is 137 cm³/mol. The number of hydrogen-bond donors (Lipinski definition) is 3. The maximum absolute atomic E-state index is 13.7. The minimum atomic E-state index is -4.27. The summed E-state index contributed by atoms with van der Waals surface area (Å²) >= 11 is 0. The lowest BCUT2D eigenvalue weighted by molar-refractivity contribution is -0.185. The molecule has 1 saturated carbocycles. The highest BCUT2D eigenvalue weighted by atomic mass is 19.4. The van der Waals surface area contributed by atoms with E-state index < -0.39 is 47.3 Å². The van der Waals surface area contributed by atoms with E-state index in [2.05, 4.69) is 31.4 Å². The summed E-state index contributed by atoms with van der Waals surface area (Å²) in [6, 6.07) is 9.92. The van der Waals surface area contributed by atoms with Crippen LogP contribution in [0.2, 0.25) is 0 Å². The van der Waals surface area contributed by atoms with Crippen molar-refractivity contribution in [3.05, 3.63) is 70.8 Å². The van der Waals surface area contributed by atoms with Crippen molar-refractivity contribution in [2.75, 3.05) is 6.54 Å². The van der Waals surface area contributed by atoms with Gasteiger partial charge in [0.05, 0.1) is 18.1 Å². The van der Waals surface area contributed by atoms with Crippen LogP contribution in [0.4, 0.5) is 22.0 Å². The van der Waals surface area contributed by atoms with Crippen LogP contribution in [-0.2, 0) is 22.2 Å². The first-order chi connectivity index (χ1) is 17.6. The Hall–Kier alpha value is -2.52. The van der Waals surface area contributed by atoms with Crippen molar-refractivity contribution in [3.63, 3.8) is 0 Å². The molecule has 0 bridgehead atoms. The second kappa shape index (κ2) is 11.7. The number of benzene rings is 2. The van der Waals surface area contributed by atoms with Crippen molar-refractivity contribution in [1.82, 2.24) is 10.6 Å². The average molecular weight is 541 g/mol. The minimum Gasteiger partial charge on any atom is -0.390 e. The van der Waals surface area contributed by atoms with Gasteiger partial charge in [0.15, 0.2) is 0 Å². The zero-order valence-corrected chi connectivity index (χ0v) is 22.3. The summed E-state index contributed by atoms with van der Waals surface area (Å²) in [6.45, 7) is 7.41. The summed E-state index contributed by atoms with van der Waals surface area (Å²) in [7, 11) is 0. The number of aliphatic hydroxyl groups excluding tert-OH is 1. The number of alkyl halides is 3. The van der Waals surface area contributed by atoms with Gasteiger partial charge in [-0.05, 0) is 66.3 Å². The second-order valence-electron chi connectivity index (χ2n) is 11.5. The first-order valence-electron chi connectivity index (χ1n) is 12.9. The van der Waals surface area contributed by atoms with E-state index in [1.54, 1.807) is 0 Å². The Morgan fingerprint density at radius 2 is 1.66 bits per heavy atom. The van der Waals surface area contributed by atoms with Crippen molar-refractivity contribution in [3.8, 4) is 0 Å². The van der Waals surface area contributed by atoms with Gasteiger partial charge >= 0.3 is 6.18 Å². The smallest absolute Gasteiger partial charge is 0.390 e. The molecule has 0 saturated heterocycles. The molecule has 210 valence electrons. The lowest BCUT2D eigenvalue weighted by Gasteiger charge is -2.43. The average Bonchev–Trinajstić information content (AvgIpc) is 2.80. The van der Waals surface area contributed by atoms with Crippen molar-refractivity contribution < 1.29 is 31.9 Å². The normalized spacial score (nSPS) is 22.1. The molecular formula is C29H37F5N2O2. The van der Waals surface area contributed by atoms with E-state index in [4.69, 9.17) is 0 Å². The summed E-state index contributed by atoms with van der Waals surface area (Å²) in [5, 5.41) is 17.1. The minimum absolute atomic E-state index is 0.0280. The van der Waals surface area contributed by atoms with Crippen LogP contribution in [0.15, 0.2) is 42.5 Å². The van der Waals surface area contributed by atoms with E-state index >= 15 is 0 Å². The first kappa shape index (κ1) is 30.0. The molecule has 9 heteroatoms. The zero-order valence-electron chi connectivity index (χ0n) is 22.3. The zero-order chi connectivity index (χ0) is 28.3. The number of carbonyl (C=O) groups is 1. The summed E-state index contributed by atoms with van der Waals surface area (Å²) in [4.78, 5) is 11.8. The molecular weight excluding hydrogens is 503 g/mol. The third kappa shape index (κ3) is 7.76. The number of carbonyl (C=O) groups excluding carboxylic acids is 1. The Bertz CT molecular complexity index is 1080. The van der Waals surface area contributed by atoms with Crippen LogP contribution in [-0.4, -0.2) is 35.9 Å². The van der Waals surface area contributed by atoms with E-state index in [-0.39, 0.29) is 49.6 Å². The Morgan fingerprint density at radius 1 is 1.05 bits per heavy atom. The van der Waals surface area contributed by atoms with Gasteiger partial charge in [-0.3, -0.25) is 4.79 Å². The van der Waals surface area contributed by atoms with Crippen LogP contribution in [0.3, 0.4) is 0 Å². The molecule has 0 aromatic heterocycles. The third-order valence-corrected chi connectivity index (χ3v) is 7.46. The molecule has 1 aliphatic carbocycles. The monoisotopic (exact) mass is 540 g/mol. The lowest BCUT2D eigenvalue weighted by Crippen LogP contribution is -2.54. The van der Waals surface area contributed by atoms with Crippen LogP contribution in [0.25, 0.3) is 0 Å².